The number of hydrogen-bond donors (Lipinski definition) is 0. The Kier molecular flexibility index (Phi) is 6.73. The SMILES string of the molecule is Fc1ccc(Cn2nnnc2[C@H](c2ccc(F)cc2)N2CCN(C3CCCCC3)CC2)cc1. The molecule has 8 heteroatoms. The summed E-state index contributed by atoms with van der Waals surface area (Å²) in [6, 6.07) is 13.6. The van der Waals surface area contributed by atoms with Crippen molar-refractivity contribution in [2.45, 2.75) is 50.7 Å². The number of halogens is 2. The molecule has 2 aliphatic rings. The Hall–Kier alpha value is -2.71. The van der Waals surface area contributed by atoms with Gasteiger partial charge in [-0.15, -0.1) is 5.10 Å². The first-order chi connectivity index (χ1) is 16.2. The monoisotopic (exact) mass is 452 g/mol. The van der Waals surface area contributed by atoms with Crippen LogP contribution in [0.2, 0.25) is 0 Å². The van der Waals surface area contributed by atoms with Crippen LogP contribution in [-0.4, -0.2) is 62.2 Å². The molecular weight excluding hydrogens is 422 g/mol. The molecule has 1 saturated carbocycles. The van der Waals surface area contributed by atoms with Gasteiger partial charge in [0.25, 0.3) is 0 Å². The minimum atomic E-state index is -0.268. The molecule has 0 unspecified atom stereocenters. The first-order valence-corrected chi connectivity index (χ1v) is 11.9. The maximum atomic E-state index is 13.7. The normalized spacial score (nSPS) is 19.6. The number of benzene rings is 2. The summed E-state index contributed by atoms with van der Waals surface area (Å²) in [5, 5.41) is 12.6. The molecule has 6 nitrogen and oxygen atoms in total. The summed E-state index contributed by atoms with van der Waals surface area (Å²) in [5.74, 6) is 0.193. The second kappa shape index (κ2) is 10.1. The molecule has 2 aromatic carbocycles. The quantitative estimate of drug-likeness (QED) is 0.565. The van der Waals surface area contributed by atoms with Gasteiger partial charge in [0.1, 0.15) is 11.6 Å². The van der Waals surface area contributed by atoms with E-state index in [1.807, 2.05) is 12.1 Å². The minimum absolute atomic E-state index is 0.172. The van der Waals surface area contributed by atoms with Gasteiger partial charge in [0.05, 0.1) is 12.6 Å². The zero-order valence-corrected chi connectivity index (χ0v) is 18.8. The van der Waals surface area contributed by atoms with Crippen LogP contribution in [0.25, 0.3) is 0 Å². The van der Waals surface area contributed by atoms with Crippen LogP contribution in [0.3, 0.4) is 0 Å². The average Bonchev–Trinajstić information content (AvgIpc) is 3.30. The predicted octanol–water partition coefficient (Wildman–Crippen LogP) is 4.04. The first-order valence-electron chi connectivity index (χ1n) is 11.9. The molecule has 5 rings (SSSR count). The molecule has 1 saturated heterocycles. The van der Waals surface area contributed by atoms with Crippen LogP contribution in [0, 0.1) is 11.6 Å². The van der Waals surface area contributed by atoms with Crippen molar-refractivity contribution in [2.24, 2.45) is 0 Å². The highest BCUT2D eigenvalue weighted by Gasteiger charge is 2.32. The van der Waals surface area contributed by atoms with E-state index in [1.54, 1.807) is 16.8 Å². The largest absolute Gasteiger partial charge is 0.298 e. The minimum Gasteiger partial charge on any atom is -0.298 e. The van der Waals surface area contributed by atoms with Crippen molar-refractivity contribution < 1.29 is 8.78 Å². The van der Waals surface area contributed by atoms with Gasteiger partial charge in [-0.3, -0.25) is 9.80 Å². The third-order valence-electron chi connectivity index (χ3n) is 7.04. The Morgan fingerprint density at radius 3 is 2.12 bits per heavy atom. The standard InChI is InChI=1S/C25H30F2N6/c26-21-10-6-19(7-11-21)18-33-25(28-29-30-33)24(20-8-12-22(27)13-9-20)32-16-14-31(15-17-32)23-4-2-1-3-5-23/h6-13,23-24H,1-5,14-18H2/t24-/m0/s1. The molecule has 0 radical (unpaired) electrons. The van der Waals surface area contributed by atoms with Gasteiger partial charge >= 0.3 is 0 Å². The second-order valence-electron chi connectivity index (χ2n) is 9.14. The molecule has 33 heavy (non-hydrogen) atoms. The van der Waals surface area contributed by atoms with Gasteiger partial charge in [-0.1, -0.05) is 43.5 Å². The van der Waals surface area contributed by atoms with E-state index in [0.29, 0.717) is 12.6 Å². The highest BCUT2D eigenvalue weighted by molar-refractivity contribution is 5.26. The smallest absolute Gasteiger partial charge is 0.173 e. The van der Waals surface area contributed by atoms with Crippen molar-refractivity contribution in [3.05, 3.63) is 77.1 Å². The van der Waals surface area contributed by atoms with E-state index in [1.165, 1.54) is 56.4 Å². The van der Waals surface area contributed by atoms with E-state index < -0.39 is 0 Å². The average molecular weight is 453 g/mol. The topological polar surface area (TPSA) is 50.1 Å². The molecule has 1 aliphatic heterocycles. The summed E-state index contributed by atoms with van der Waals surface area (Å²) < 4.78 is 28.8. The molecule has 0 bridgehead atoms. The lowest BCUT2D eigenvalue weighted by Gasteiger charge is -2.43. The summed E-state index contributed by atoms with van der Waals surface area (Å²) in [6.07, 6.45) is 6.64. The lowest BCUT2D eigenvalue weighted by atomic mass is 9.93. The Labute approximate surface area is 193 Å². The van der Waals surface area contributed by atoms with Crippen molar-refractivity contribution in [3.8, 4) is 0 Å². The van der Waals surface area contributed by atoms with Gasteiger partial charge in [-0.25, -0.2) is 13.5 Å². The highest BCUT2D eigenvalue weighted by Crippen LogP contribution is 2.30. The first kappa shape index (κ1) is 22.1. The van der Waals surface area contributed by atoms with Gasteiger partial charge < -0.3 is 0 Å². The van der Waals surface area contributed by atoms with Crippen LogP contribution in [0.4, 0.5) is 8.78 Å². The van der Waals surface area contributed by atoms with E-state index in [0.717, 1.165) is 43.1 Å². The van der Waals surface area contributed by atoms with E-state index in [2.05, 4.69) is 25.3 Å². The van der Waals surface area contributed by atoms with Crippen LogP contribution in [0.5, 0.6) is 0 Å². The lowest BCUT2D eigenvalue weighted by Crippen LogP contribution is -2.52. The van der Waals surface area contributed by atoms with Gasteiger partial charge in [-0.2, -0.15) is 0 Å². The summed E-state index contributed by atoms with van der Waals surface area (Å²) in [5.41, 5.74) is 1.89. The molecule has 0 N–H and O–H groups in total. The van der Waals surface area contributed by atoms with Crippen molar-refractivity contribution in [3.63, 3.8) is 0 Å². The molecule has 3 aromatic rings. The van der Waals surface area contributed by atoms with Crippen LogP contribution in [0.1, 0.15) is 55.1 Å². The van der Waals surface area contributed by atoms with Crippen LogP contribution in [0.15, 0.2) is 48.5 Å². The molecule has 0 spiro atoms. The van der Waals surface area contributed by atoms with Crippen molar-refractivity contribution >= 4 is 0 Å². The van der Waals surface area contributed by atoms with E-state index in [-0.39, 0.29) is 17.7 Å². The summed E-state index contributed by atoms with van der Waals surface area (Å²) in [6.45, 7) is 4.29. The number of nitrogens with zero attached hydrogens (tertiary/aromatic N) is 6. The molecule has 1 aromatic heterocycles. The van der Waals surface area contributed by atoms with Gasteiger partial charge in [0.2, 0.25) is 0 Å². The molecule has 2 fully saturated rings. The third-order valence-corrected chi connectivity index (χ3v) is 7.04. The number of aromatic nitrogens is 4. The van der Waals surface area contributed by atoms with Crippen LogP contribution >= 0.6 is 0 Å². The Bertz CT molecular complexity index is 1020. The Morgan fingerprint density at radius 2 is 1.45 bits per heavy atom. The lowest BCUT2D eigenvalue weighted by molar-refractivity contribution is 0.0620. The fourth-order valence-electron chi connectivity index (χ4n) is 5.26. The van der Waals surface area contributed by atoms with Crippen LogP contribution < -0.4 is 0 Å². The summed E-state index contributed by atoms with van der Waals surface area (Å²) >= 11 is 0. The third kappa shape index (κ3) is 5.12. The van der Waals surface area contributed by atoms with E-state index in [4.69, 9.17) is 0 Å². The van der Waals surface area contributed by atoms with Gasteiger partial charge in [0.15, 0.2) is 5.82 Å². The van der Waals surface area contributed by atoms with E-state index in [9.17, 15) is 8.78 Å². The maximum absolute atomic E-state index is 13.7. The van der Waals surface area contributed by atoms with Crippen molar-refractivity contribution in [1.82, 2.24) is 30.0 Å². The molecular formula is C25H30F2N6. The number of rotatable bonds is 6. The van der Waals surface area contributed by atoms with Gasteiger partial charge in [-0.05, 0) is 58.7 Å². The summed E-state index contributed by atoms with van der Waals surface area (Å²) in [4.78, 5) is 5.04. The molecule has 0 amide bonds. The Morgan fingerprint density at radius 1 is 0.818 bits per heavy atom. The van der Waals surface area contributed by atoms with Crippen molar-refractivity contribution in [1.29, 1.82) is 0 Å². The maximum Gasteiger partial charge on any atom is 0.173 e. The molecule has 1 atom stereocenters. The number of tetrazole rings is 1. The summed E-state index contributed by atoms with van der Waals surface area (Å²) in [7, 11) is 0. The highest BCUT2D eigenvalue weighted by atomic mass is 19.1. The van der Waals surface area contributed by atoms with Crippen LogP contribution in [-0.2, 0) is 6.54 Å². The number of hydrogen-bond acceptors (Lipinski definition) is 5. The molecule has 1 aliphatic carbocycles. The Balaban J connectivity index is 1.39. The van der Waals surface area contributed by atoms with Crippen molar-refractivity contribution in [2.75, 3.05) is 26.2 Å². The fraction of sp³-hybridized carbons (Fsp3) is 0.480. The molecule has 174 valence electrons. The predicted molar refractivity (Wildman–Crippen MR) is 122 cm³/mol. The number of piperazine rings is 1. The molecule has 2 heterocycles. The fourth-order valence-corrected chi connectivity index (χ4v) is 5.26. The van der Waals surface area contributed by atoms with Gasteiger partial charge in [0, 0.05) is 32.2 Å². The zero-order chi connectivity index (χ0) is 22.6. The van der Waals surface area contributed by atoms with E-state index >= 15 is 0 Å². The second-order valence-corrected chi connectivity index (χ2v) is 9.14. The zero-order valence-electron chi connectivity index (χ0n) is 18.8.